The molecule has 1 atom stereocenters. The monoisotopic (exact) mass is 275 g/mol. The summed E-state index contributed by atoms with van der Waals surface area (Å²) >= 11 is 4.59. The SMILES string of the molecule is CSc1nnc(S[C@H](C)C(=O)NC2CC2)s1. The summed E-state index contributed by atoms with van der Waals surface area (Å²) in [6.07, 6.45) is 4.22. The molecule has 1 saturated carbocycles. The fraction of sp³-hybridized carbons (Fsp3) is 0.667. The molecule has 0 bridgehead atoms. The number of nitrogens with zero attached hydrogens (tertiary/aromatic N) is 2. The molecule has 1 heterocycles. The van der Waals surface area contributed by atoms with Gasteiger partial charge in [0.05, 0.1) is 5.25 Å². The molecule has 1 N–H and O–H groups in total. The maximum atomic E-state index is 11.7. The predicted octanol–water partition coefficient (Wildman–Crippen LogP) is 2.02. The van der Waals surface area contributed by atoms with E-state index < -0.39 is 0 Å². The Labute approximate surface area is 107 Å². The molecule has 16 heavy (non-hydrogen) atoms. The van der Waals surface area contributed by atoms with Gasteiger partial charge >= 0.3 is 0 Å². The Kier molecular flexibility index (Phi) is 4.10. The number of aromatic nitrogens is 2. The highest BCUT2D eigenvalue weighted by Crippen LogP contribution is 2.30. The molecule has 1 aliphatic carbocycles. The zero-order valence-corrected chi connectivity index (χ0v) is 11.5. The van der Waals surface area contributed by atoms with Gasteiger partial charge in [-0.1, -0.05) is 34.9 Å². The lowest BCUT2D eigenvalue weighted by atomic mass is 10.4. The molecule has 0 saturated heterocycles. The Balaban J connectivity index is 1.84. The second kappa shape index (κ2) is 5.37. The molecule has 0 radical (unpaired) electrons. The molecular weight excluding hydrogens is 262 g/mol. The van der Waals surface area contributed by atoms with Crippen molar-refractivity contribution in [2.24, 2.45) is 0 Å². The Hall–Kier alpha value is -0.270. The Morgan fingerprint density at radius 2 is 2.19 bits per heavy atom. The average molecular weight is 275 g/mol. The van der Waals surface area contributed by atoms with E-state index in [1.165, 1.54) is 23.1 Å². The summed E-state index contributed by atoms with van der Waals surface area (Å²) in [5.41, 5.74) is 0. The van der Waals surface area contributed by atoms with Crippen LogP contribution < -0.4 is 5.32 Å². The molecule has 0 spiro atoms. The second-order valence-electron chi connectivity index (χ2n) is 3.58. The highest BCUT2D eigenvalue weighted by molar-refractivity contribution is 8.03. The lowest BCUT2D eigenvalue weighted by Crippen LogP contribution is -2.32. The quantitative estimate of drug-likeness (QED) is 0.833. The van der Waals surface area contributed by atoms with Gasteiger partial charge in [-0.15, -0.1) is 10.2 Å². The van der Waals surface area contributed by atoms with E-state index in [-0.39, 0.29) is 11.2 Å². The number of nitrogens with one attached hydrogen (secondary N) is 1. The van der Waals surface area contributed by atoms with Crippen LogP contribution in [0.5, 0.6) is 0 Å². The van der Waals surface area contributed by atoms with Gasteiger partial charge < -0.3 is 5.32 Å². The topological polar surface area (TPSA) is 54.9 Å². The normalized spacial score (nSPS) is 17.1. The first-order valence-corrected chi connectivity index (χ1v) is 7.95. The van der Waals surface area contributed by atoms with Gasteiger partial charge in [0.2, 0.25) is 5.91 Å². The summed E-state index contributed by atoms with van der Waals surface area (Å²) in [7, 11) is 0. The van der Waals surface area contributed by atoms with Crippen LogP contribution in [-0.4, -0.2) is 33.7 Å². The number of hydrogen-bond donors (Lipinski definition) is 1. The maximum absolute atomic E-state index is 11.7. The standard InChI is InChI=1S/C9H13N3OS3/c1-5(7(13)10-6-3-4-6)15-9-12-11-8(14-2)16-9/h5-6H,3-4H2,1-2H3,(H,10,13)/t5-/m1/s1. The van der Waals surface area contributed by atoms with Crippen molar-refractivity contribution in [3.8, 4) is 0 Å². The van der Waals surface area contributed by atoms with Crippen LogP contribution in [0.3, 0.4) is 0 Å². The highest BCUT2D eigenvalue weighted by atomic mass is 32.2. The number of carbonyl (C=O) groups is 1. The molecule has 0 aliphatic heterocycles. The molecule has 2 rings (SSSR count). The summed E-state index contributed by atoms with van der Waals surface area (Å²) in [6.45, 7) is 1.91. The molecule has 88 valence electrons. The van der Waals surface area contributed by atoms with Crippen LogP contribution in [0.15, 0.2) is 8.68 Å². The van der Waals surface area contributed by atoms with E-state index in [0.717, 1.165) is 21.5 Å². The minimum Gasteiger partial charge on any atom is -0.352 e. The molecule has 1 aliphatic rings. The summed E-state index contributed by atoms with van der Waals surface area (Å²) < 4.78 is 1.81. The number of rotatable bonds is 5. The Morgan fingerprint density at radius 1 is 1.50 bits per heavy atom. The van der Waals surface area contributed by atoms with E-state index in [4.69, 9.17) is 0 Å². The van der Waals surface area contributed by atoms with Gasteiger partial charge in [-0.05, 0) is 26.0 Å². The van der Waals surface area contributed by atoms with Crippen LogP contribution in [0.25, 0.3) is 0 Å². The number of amides is 1. The molecule has 0 aromatic carbocycles. The van der Waals surface area contributed by atoms with Crippen LogP contribution in [0, 0.1) is 0 Å². The molecule has 1 amide bonds. The molecular formula is C9H13N3OS3. The lowest BCUT2D eigenvalue weighted by Gasteiger charge is -2.08. The Morgan fingerprint density at radius 3 is 2.75 bits per heavy atom. The van der Waals surface area contributed by atoms with Gasteiger partial charge in [-0.3, -0.25) is 4.79 Å². The first kappa shape index (κ1) is 12.2. The maximum Gasteiger partial charge on any atom is 0.233 e. The van der Waals surface area contributed by atoms with E-state index in [0.29, 0.717) is 6.04 Å². The van der Waals surface area contributed by atoms with E-state index in [1.807, 2.05) is 13.2 Å². The largest absolute Gasteiger partial charge is 0.352 e. The van der Waals surface area contributed by atoms with Crippen molar-refractivity contribution in [2.45, 2.75) is 39.7 Å². The van der Waals surface area contributed by atoms with Crippen LogP contribution in [0.4, 0.5) is 0 Å². The number of hydrogen-bond acceptors (Lipinski definition) is 6. The van der Waals surface area contributed by atoms with Crippen molar-refractivity contribution >= 4 is 40.8 Å². The van der Waals surface area contributed by atoms with Crippen molar-refractivity contribution in [1.82, 2.24) is 15.5 Å². The van der Waals surface area contributed by atoms with Gasteiger partial charge in [0, 0.05) is 6.04 Å². The van der Waals surface area contributed by atoms with Crippen molar-refractivity contribution in [2.75, 3.05) is 6.26 Å². The molecule has 0 unspecified atom stereocenters. The highest BCUT2D eigenvalue weighted by Gasteiger charge is 2.26. The average Bonchev–Trinajstić information content (AvgIpc) is 2.96. The first-order chi connectivity index (χ1) is 7.69. The lowest BCUT2D eigenvalue weighted by molar-refractivity contribution is -0.120. The second-order valence-corrected chi connectivity index (χ2v) is 7.20. The van der Waals surface area contributed by atoms with Crippen LogP contribution in [0.2, 0.25) is 0 Å². The first-order valence-electron chi connectivity index (χ1n) is 5.03. The van der Waals surface area contributed by atoms with E-state index in [9.17, 15) is 4.79 Å². The molecule has 7 heteroatoms. The van der Waals surface area contributed by atoms with E-state index in [2.05, 4.69) is 15.5 Å². The number of thioether (sulfide) groups is 2. The molecule has 4 nitrogen and oxygen atoms in total. The third-order valence-electron chi connectivity index (χ3n) is 2.13. The van der Waals surface area contributed by atoms with Crippen LogP contribution in [-0.2, 0) is 4.79 Å². The third kappa shape index (κ3) is 3.36. The van der Waals surface area contributed by atoms with Gasteiger partial charge in [-0.25, -0.2) is 0 Å². The summed E-state index contributed by atoms with van der Waals surface area (Å²) in [6, 6.07) is 0.423. The van der Waals surface area contributed by atoms with E-state index in [1.54, 1.807) is 11.8 Å². The van der Waals surface area contributed by atoms with Crippen LogP contribution in [0.1, 0.15) is 19.8 Å². The van der Waals surface area contributed by atoms with Gasteiger partial charge in [0.1, 0.15) is 0 Å². The molecule has 1 aromatic heterocycles. The number of carbonyl (C=O) groups excluding carboxylic acids is 1. The van der Waals surface area contributed by atoms with Gasteiger partial charge in [0.25, 0.3) is 0 Å². The van der Waals surface area contributed by atoms with Crippen molar-refractivity contribution in [3.63, 3.8) is 0 Å². The summed E-state index contributed by atoms with van der Waals surface area (Å²) in [5, 5.41) is 10.9. The van der Waals surface area contributed by atoms with Crippen molar-refractivity contribution in [3.05, 3.63) is 0 Å². The van der Waals surface area contributed by atoms with E-state index >= 15 is 0 Å². The molecule has 1 aromatic rings. The van der Waals surface area contributed by atoms with Crippen LogP contribution >= 0.6 is 34.9 Å². The van der Waals surface area contributed by atoms with Gasteiger partial charge in [-0.2, -0.15) is 0 Å². The fourth-order valence-electron chi connectivity index (χ4n) is 1.08. The predicted molar refractivity (Wildman–Crippen MR) is 68.2 cm³/mol. The molecule has 1 fully saturated rings. The zero-order valence-electron chi connectivity index (χ0n) is 9.10. The minimum absolute atomic E-state index is 0.0942. The summed E-state index contributed by atoms with van der Waals surface area (Å²) in [4.78, 5) is 11.7. The third-order valence-corrected chi connectivity index (χ3v) is 5.22. The van der Waals surface area contributed by atoms with Crippen molar-refractivity contribution < 1.29 is 4.79 Å². The minimum atomic E-state index is -0.0942. The van der Waals surface area contributed by atoms with Gasteiger partial charge in [0.15, 0.2) is 8.68 Å². The van der Waals surface area contributed by atoms with Crippen molar-refractivity contribution in [1.29, 1.82) is 0 Å². The fourth-order valence-corrected chi connectivity index (χ4v) is 3.67. The smallest absolute Gasteiger partial charge is 0.233 e. The summed E-state index contributed by atoms with van der Waals surface area (Å²) in [5.74, 6) is 0.105. The Bertz CT molecular complexity index is 378. The zero-order chi connectivity index (χ0) is 11.5.